The van der Waals surface area contributed by atoms with E-state index in [0.717, 1.165) is 5.56 Å². The van der Waals surface area contributed by atoms with Gasteiger partial charge in [-0.1, -0.05) is 47.5 Å². The zero-order chi connectivity index (χ0) is 24.5. The molecule has 2 amide bonds. The highest BCUT2D eigenvalue weighted by Gasteiger charge is 2.15. The van der Waals surface area contributed by atoms with E-state index in [2.05, 4.69) is 20.6 Å². The molecule has 174 valence electrons. The highest BCUT2D eigenvalue weighted by atomic mass is 35.5. The summed E-state index contributed by atoms with van der Waals surface area (Å²) in [4.78, 5) is 35.7. The van der Waals surface area contributed by atoms with Crippen molar-refractivity contribution in [1.82, 2.24) is 5.43 Å². The summed E-state index contributed by atoms with van der Waals surface area (Å²) in [5.74, 6) is -1.86. The van der Waals surface area contributed by atoms with Crippen molar-refractivity contribution in [1.29, 1.82) is 0 Å². The van der Waals surface area contributed by atoms with Crippen molar-refractivity contribution in [3.63, 3.8) is 0 Å². The van der Waals surface area contributed by atoms with Crippen LogP contribution in [0, 0.1) is 0 Å². The third kappa shape index (κ3) is 6.81. The molecule has 3 aromatic rings. The first-order valence-corrected chi connectivity index (χ1v) is 10.6. The van der Waals surface area contributed by atoms with Gasteiger partial charge in [0.1, 0.15) is 12.4 Å². The average molecular weight is 500 g/mol. The smallest absolute Gasteiger partial charge is 0.337 e. The predicted molar refractivity (Wildman–Crippen MR) is 129 cm³/mol. The predicted octanol–water partition coefficient (Wildman–Crippen LogP) is 4.45. The van der Waals surface area contributed by atoms with Crippen LogP contribution >= 0.6 is 23.2 Å². The minimum absolute atomic E-state index is 0.205. The van der Waals surface area contributed by atoms with E-state index in [1.807, 2.05) is 0 Å². The van der Waals surface area contributed by atoms with Crippen molar-refractivity contribution in [3.05, 3.63) is 93.5 Å². The largest absolute Gasteiger partial charge is 0.488 e. The first-order valence-electron chi connectivity index (χ1n) is 9.86. The highest BCUT2D eigenvalue weighted by molar-refractivity contribution is 6.42. The van der Waals surface area contributed by atoms with E-state index in [1.165, 1.54) is 25.5 Å². The Morgan fingerprint density at radius 3 is 2.44 bits per heavy atom. The first kappa shape index (κ1) is 24.8. The van der Waals surface area contributed by atoms with Gasteiger partial charge in [-0.15, -0.1) is 0 Å². The van der Waals surface area contributed by atoms with Gasteiger partial charge in [-0.3, -0.25) is 9.59 Å². The third-order valence-electron chi connectivity index (χ3n) is 4.44. The number of anilines is 1. The Morgan fingerprint density at radius 1 is 0.971 bits per heavy atom. The monoisotopic (exact) mass is 499 g/mol. The number of hydrogen-bond donors (Lipinski definition) is 2. The highest BCUT2D eigenvalue weighted by Crippen LogP contribution is 2.25. The minimum Gasteiger partial charge on any atom is -0.488 e. The maximum atomic E-state index is 12.1. The lowest BCUT2D eigenvalue weighted by Gasteiger charge is -2.09. The molecule has 0 aromatic heterocycles. The van der Waals surface area contributed by atoms with Crippen LogP contribution in [-0.4, -0.2) is 31.1 Å². The summed E-state index contributed by atoms with van der Waals surface area (Å²) in [6.45, 7) is 0.238. The third-order valence-corrected chi connectivity index (χ3v) is 5.01. The van der Waals surface area contributed by atoms with Crippen LogP contribution in [0.25, 0.3) is 0 Å². The molecular weight excluding hydrogens is 481 g/mol. The van der Waals surface area contributed by atoms with E-state index in [4.69, 9.17) is 27.9 Å². The molecule has 0 radical (unpaired) electrons. The van der Waals surface area contributed by atoms with Gasteiger partial charge in [-0.05, 0) is 48.0 Å². The number of esters is 1. The molecule has 0 atom stereocenters. The maximum Gasteiger partial charge on any atom is 0.337 e. The van der Waals surface area contributed by atoms with Crippen LogP contribution in [0.15, 0.2) is 71.8 Å². The number of amides is 2. The Kier molecular flexibility index (Phi) is 8.61. The van der Waals surface area contributed by atoms with E-state index in [-0.39, 0.29) is 17.3 Å². The number of nitrogens with one attached hydrogen (secondary N) is 2. The molecule has 34 heavy (non-hydrogen) atoms. The number of benzene rings is 3. The van der Waals surface area contributed by atoms with Crippen LogP contribution in [0.5, 0.6) is 5.75 Å². The fourth-order valence-corrected chi connectivity index (χ4v) is 3.06. The molecule has 0 aliphatic carbocycles. The number of hydrogen-bond acceptors (Lipinski definition) is 6. The second-order valence-electron chi connectivity index (χ2n) is 6.79. The topological polar surface area (TPSA) is 106 Å². The Balaban J connectivity index is 1.58. The number of carbonyl (C=O) groups is 3. The van der Waals surface area contributed by atoms with Gasteiger partial charge >= 0.3 is 17.8 Å². The number of halogens is 2. The normalized spacial score (nSPS) is 10.6. The summed E-state index contributed by atoms with van der Waals surface area (Å²) in [5, 5.41) is 6.79. The minimum atomic E-state index is -0.989. The molecular formula is C24H19Cl2N3O5. The van der Waals surface area contributed by atoms with Gasteiger partial charge in [0.05, 0.1) is 29.6 Å². The van der Waals surface area contributed by atoms with Gasteiger partial charge in [0.25, 0.3) is 0 Å². The number of nitrogens with zero attached hydrogens (tertiary/aromatic N) is 1. The molecule has 2 N–H and O–H groups in total. The summed E-state index contributed by atoms with van der Waals surface area (Å²) in [7, 11) is 1.32. The van der Waals surface area contributed by atoms with Crippen molar-refractivity contribution < 1.29 is 23.9 Å². The number of methoxy groups -OCH3 is 1. The van der Waals surface area contributed by atoms with Gasteiger partial charge in [0.15, 0.2) is 0 Å². The van der Waals surface area contributed by atoms with Crippen LogP contribution in [0.1, 0.15) is 21.5 Å². The van der Waals surface area contributed by atoms with Crippen LogP contribution in [-0.2, 0) is 20.9 Å². The van der Waals surface area contributed by atoms with Gasteiger partial charge in [-0.2, -0.15) is 5.10 Å². The Bertz CT molecular complexity index is 1230. The number of hydrazone groups is 1. The number of para-hydroxylation sites is 1. The van der Waals surface area contributed by atoms with Crippen LogP contribution in [0.2, 0.25) is 10.0 Å². The standard InChI is InChI=1S/C24H19Cl2N3O5/c1-33-24(32)16-8-6-15(7-9-16)14-34-21-5-3-2-4-17(21)13-27-29-23(31)22(30)28-20-12-18(25)10-11-19(20)26/h2-13H,14H2,1H3,(H,28,30)(H,29,31)/b27-13+. The van der Waals surface area contributed by atoms with Gasteiger partial charge < -0.3 is 14.8 Å². The molecule has 8 nitrogen and oxygen atoms in total. The zero-order valence-electron chi connectivity index (χ0n) is 17.9. The first-order chi connectivity index (χ1) is 16.4. The molecule has 0 saturated heterocycles. The Hall–Kier alpha value is -3.88. The lowest BCUT2D eigenvalue weighted by atomic mass is 10.1. The van der Waals surface area contributed by atoms with Gasteiger partial charge in [-0.25, -0.2) is 10.2 Å². The summed E-state index contributed by atoms with van der Waals surface area (Å²) in [6, 6.07) is 18.3. The molecule has 0 unspecified atom stereocenters. The fraction of sp³-hybridized carbons (Fsp3) is 0.0833. The summed E-state index contributed by atoms with van der Waals surface area (Å²) in [6.07, 6.45) is 1.35. The van der Waals surface area contributed by atoms with Crippen LogP contribution in [0.3, 0.4) is 0 Å². The SMILES string of the molecule is COC(=O)c1ccc(COc2ccccc2/C=N/NC(=O)C(=O)Nc2cc(Cl)ccc2Cl)cc1. The van der Waals surface area contributed by atoms with E-state index >= 15 is 0 Å². The van der Waals surface area contributed by atoms with Crippen molar-refractivity contribution in [2.45, 2.75) is 6.61 Å². The molecule has 0 bridgehead atoms. The van der Waals surface area contributed by atoms with Crippen LogP contribution < -0.4 is 15.5 Å². The van der Waals surface area contributed by atoms with Gasteiger partial charge in [0.2, 0.25) is 0 Å². The van der Waals surface area contributed by atoms with Crippen molar-refractivity contribution >= 4 is 52.9 Å². The van der Waals surface area contributed by atoms with Crippen molar-refractivity contribution in [2.75, 3.05) is 12.4 Å². The Morgan fingerprint density at radius 2 is 1.71 bits per heavy atom. The summed E-state index contributed by atoms with van der Waals surface area (Å²) in [5.41, 5.74) is 4.21. The summed E-state index contributed by atoms with van der Waals surface area (Å²) >= 11 is 11.9. The van der Waals surface area contributed by atoms with E-state index in [1.54, 1.807) is 54.6 Å². The van der Waals surface area contributed by atoms with E-state index in [9.17, 15) is 14.4 Å². The number of rotatable bonds is 7. The Labute approximate surface area is 205 Å². The second kappa shape index (κ2) is 11.8. The molecule has 0 saturated carbocycles. The molecule has 0 aliphatic heterocycles. The molecule has 0 fully saturated rings. The molecule has 0 spiro atoms. The van der Waals surface area contributed by atoms with Crippen molar-refractivity contribution in [2.24, 2.45) is 5.10 Å². The number of carbonyl (C=O) groups excluding carboxylic acids is 3. The zero-order valence-corrected chi connectivity index (χ0v) is 19.4. The lowest BCUT2D eigenvalue weighted by Crippen LogP contribution is -2.32. The second-order valence-corrected chi connectivity index (χ2v) is 7.64. The average Bonchev–Trinajstić information content (AvgIpc) is 2.85. The molecule has 10 heteroatoms. The van der Waals surface area contributed by atoms with Gasteiger partial charge in [0, 0.05) is 10.6 Å². The molecule has 3 rings (SSSR count). The molecule has 0 heterocycles. The summed E-state index contributed by atoms with van der Waals surface area (Å²) < 4.78 is 10.5. The van der Waals surface area contributed by atoms with Crippen LogP contribution in [0.4, 0.5) is 5.69 Å². The van der Waals surface area contributed by atoms with E-state index in [0.29, 0.717) is 21.9 Å². The number of ether oxygens (including phenoxy) is 2. The van der Waals surface area contributed by atoms with E-state index < -0.39 is 17.8 Å². The molecule has 0 aliphatic rings. The molecule has 3 aromatic carbocycles. The maximum absolute atomic E-state index is 12.1. The van der Waals surface area contributed by atoms with Crippen molar-refractivity contribution in [3.8, 4) is 5.75 Å². The quantitative estimate of drug-likeness (QED) is 0.216. The lowest BCUT2D eigenvalue weighted by molar-refractivity contribution is -0.136. The fourth-order valence-electron chi connectivity index (χ4n) is 2.72.